The van der Waals surface area contributed by atoms with Gasteiger partial charge in [0.2, 0.25) is 0 Å². The van der Waals surface area contributed by atoms with Crippen LogP contribution in [0.5, 0.6) is 0 Å². The molecule has 4 aromatic rings. The van der Waals surface area contributed by atoms with Crippen molar-refractivity contribution >= 4 is 22.9 Å². The quantitative estimate of drug-likeness (QED) is 0.393. The number of hydrogen-bond acceptors (Lipinski definition) is 2. The minimum Gasteiger partial charge on any atom is -0.236 e. The molecular formula is C22H16ClNS. The Morgan fingerprint density at radius 2 is 1.36 bits per heavy atom. The van der Waals surface area contributed by atoms with Gasteiger partial charge in [0.05, 0.1) is 5.69 Å². The first-order valence-corrected chi connectivity index (χ1v) is 9.34. The Morgan fingerprint density at radius 3 is 2.04 bits per heavy atom. The Balaban J connectivity index is 1.79. The van der Waals surface area contributed by atoms with E-state index in [0.717, 1.165) is 33.3 Å². The van der Waals surface area contributed by atoms with Crippen LogP contribution < -0.4 is 0 Å². The smallest absolute Gasteiger partial charge is 0.124 e. The summed E-state index contributed by atoms with van der Waals surface area (Å²) in [5.74, 6) is 0. The molecule has 0 N–H and O–H groups in total. The predicted molar refractivity (Wildman–Crippen MR) is 107 cm³/mol. The first kappa shape index (κ1) is 16.1. The molecule has 0 aliphatic heterocycles. The summed E-state index contributed by atoms with van der Waals surface area (Å²) in [6, 6.07) is 28.8. The Bertz CT molecular complexity index is 960. The third-order valence-corrected chi connectivity index (χ3v) is 5.40. The van der Waals surface area contributed by atoms with E-state index in [1.165, 1.54) is 10.4 Å². The molecule has 1 nitrogen and oxygen atoms in total. The lowest BCUT2D eigenvalue weighted by Crippen LogP contribution is -1.88. The first-order valence-electron chi connectivity index (χ1n) is 8.14. The van der Waals surface area contributed by atoms with Gasteiger partial charge in [-0.3, -0.25) is 0 Å². The summed E-state index contributed by atoms with van der Waals surface area (Å²) < 4.78 is 0. The summed E-state index contributed by atoms with van der Waals surface area (Å²) in [6.07, 6.45) is 0.885. The summed E-state index contributed by atoms with van der Waals surface area (Å²) in [5.41, 5.74) is 4.63. The zero-order chi connectivity index (χ0) is 17.1. The zero-order valence-corrected chi connectivity index (χ0v) is 15.1. The predicted octanol–water partition coefficient (Wildman–Crippen LogP) is 6.72. The van der Waals surface area contributed by atoms with Crippen molar-refractivity contribution in [2.75, 3.05) is 0 Å². The van der Waals surface area contributed by atoms with Gasteiger partial charge in [-0.2, -0.15) is 0 Å². The van der Waals surface area contributed by atoms with Gasteiger partial charge >= 0.3 is 0 Å². The van der Waals surface area contributed by atoms with Crippen molar-refractivity contribution in [3.05, 3.63) is 100 Å². The second-order valence-corrected chi connectivity index (χ2v) is 7.35. The van der Waals surface area contributed by atoms with E-state index in [9.17, 15) is 0 Å². The number of thiazole rings is 1. The molecule has 25 heavy (non-hydrogen) atoms. The van der Waals surface area contributed by atoms with Crippen LogP contribution in [-0.4, -0.2) is 4.98 Å². The van der Waals surface area contributed by atoms with Gasteiger partial charge in [0.15, 0.2) is 0 Å². The van der Waals surface area contributed by atoms with Crippen molar-refractivity contribution in [3.63, 3.8) is 0 Å². The van der Waals surface area contributed by atoms with E-state index in [2.05, 4.69) is 48.5 Å². The Morgan fingerprint density at radius 1 is 0.720 bits per heavy atom. The van der Waals surface area contributed by atoms with Crippen LogP contribution in [0.25, 0.3) is 21.8 Å². The van der Waals surface area contributed by atoms with Crippen LogP contribution in [0.3, 0.4) is 0 Å². The second kappa shape index (κ2) is 7.22. The Hall–Kier alpha value is -2.42. The van der Waals surface area contributed by atoms with Crippen molar-refractivity contribution in [1.82, 2.24) is 4.98 Å². The molecule has 0 aliphatic rings. The number of aromatic nitrogens is 1. The molecule has 0 spiro atoms. The minimum atomic E-state index is 0.744. The standard InChI is InChI=1S/C22H16ClNS/c23-19-13-11-18(12-14-19)22-24-21(17-9-5-2-6-10-17)20(25-22)15-16-7-3-1-4-8-16/h1-14H,15H2. The number of halogens is 1. The Labute approximate surface area is 156 Å². The molecule has 0 saturated carbocycles. The number of rotatable bonds is 4. The molecule has 0 fully saturated rings. The van der Waals surface area contributed by atoms with Crippen molar-refractivity contribution in [2.45, 2.75) is 6.42 Å². The number of benzene rings is 3. The van der Waals surface area contributed by atoms with Gasteiger partial charge in [0.25, 0.3) is 0 Å². The van der Waals surface area contributed by atoms with Gasteiger partial charge < -0.3 is 0 Å². The summed E-state index contributed by atoms with van der Waals surface area (Å²) in [7, 11) is 0. The van der Waals surface area contributed by atoms with Gasteiger partial charge in [-0.05, 0) is 17.7 Å². The normalized spacial score (nSPS) is 10.8. The van der Waals surface area contributed by atoms with E-state index in [-0.39, 0.29) is 0 Å². The summed E-state index contributed by atoms with van der Waals surface area (Å²) >= 11 is 7.78. The molecule has 0 saturated heterocycles. The maximum atomic E-state index is 6.02. The van der Waals surface area contributed by atoms with Crippen LogP contribution in [-0.2, 0) is 6.42 Å². The number of hydrogen-bond donors (Lipinski definition) is 0. The molecule has 0 radical (unpaired) electrons. The van der Waals surface area contributed by atoms with Crippen LogP contribution in [0.1, 0.15) is 10.4 Å². The minimum absolute atomic E-state index is 0.744. The summed E-state index contributed by atoms with van der Waals surface area (Å²) in [4.78, 5) is 6.23. The first-order chi connectivity index (χ1) is 12.3. The topological polar surface area (TPSA) is 12.9 Å². The fourth-order valence-electron chi connectivity index (χ4n) is 2.79. The molecular weight excluding hydrogens is 346 g/mol. The maximum absolute atomic E-state index is 6.02. The summed E-state index contributed by atoms with van der Waals surface area (Å²) in [6.45, 7) is 0. The lowest BCUT2D eigenvalue weighted by Gasteiger charge is -2.02. The van der Waals surface area contributed by atoms with Crippen LogP contribution >= 0.6 is 22.9 Å². The van der Waals surface area contributed by atoms with E-state index in [1.807, 2.05) is 36.4 Å². The van der Waals surface area contributed by atoms with E-state index >= 15 is 0 Å². The molecule has 4 rings (SSSR count). The van der Waals surface area contributed by atoms with E-state index in [4.69, 9.17) is 16.6 Å². The molecule has 1 heterocycles. The highest BCUT2D eigenvalue weighted by molar-refractivity contribution is 7.15. The Kier molecular flexibility index (Phi) is 4.64. The van der Waals surface area contributed by atoms with Crippen molar-refractivity contribution in [1.29, 1.82) is 0 Å². The molecule has 3 heteroatoms. The SMILES string of the molecule is Clc1ccc(-c2nc(-c3ccccc3)c(Cc3ccccc3)s2)cc1. The van der Waals surface area contributed by atoms with Crippen LogP contribution in [0, 0.1) is 0 Å². The molecule has 0 bridgehead atoms. The highest BCUT2D eigenvalue weighted by Gasteiger charge is 2.14. The lowest BCUT2D eigenvalue weighted by atomic mass is 10.1. The molecule has 0 unspecified atom stereocenters. The fourth-order valence-corrected chi connectivity index (χ4v) is 4.04. The largest absolute Gasteiger partial charge is 0.236 e. The van der Waals surface area contributed by atoms with E-state index < -0.39 is 0 Å². The van der Waals surface area contributed by atoms with E-state index in [1.54, 1.807) is 11.3 Å². The van der Waals surface area contributed by atoms with Crippen LogP contribution in [0.15, 0.2) is 84.9 Å². The van der Waals surface area contributed by atoms with Gasteiger partial charge in [-0.1, -0.05) is 84.4 Å². The van der Waals surface area contributed by atoms with Crippen molar-refractivity contribution in [3.8, 4) is 21.8 Å². The second-order valence-electron chi connectivity index (χ2n) is 5.83. The average molecular weight is 362 g/mol. The third-order valence-electron chi connectivity index (χ3n) is 4.04. The van der Waals surface area contributed by atoms with Gasteiger partial charge in [-0.25, -0.2) is 4.98 Å². The van der Waals surface area contributed by atoms with E-state index in [0.29, 0.717) is 0 Å². The molecule has 122 valence electrons. The van der Waals surface area contributed by atoms with Gasteiger partial charge in [0, 0.05) is 27.4 Å². The van der Waals surface area contributed by atoms with Crippen LogP contribution in [0.2, 0.25) is 5.02 Å². The zero-order valence-electron chi connectivity index (χ0n) is 13.5. The molecule has 0 atom stereocenters. The van der Waals surface area contributed by atoms with Crippen molar-refractivity contribution < 1.29 is 0 Å². The van der Waals surface area contributed by atoms with Crippen LogP contribution in [0.4, 0.5) is 0 Å². The van der Waals surface area contributed by atoms with Gasteiger partial charge in [0.1, 0.15) is 5.01 Å². The maximum Gasteiger partial charge on any atom is 0.124 e. The lowest BCUT2D eigenvalue weighted by molar-refractivity contribution is 1.22. The number of nitrogens with zero attached hydrogens (tertiary/aromatic N) is 1. The van der Waals surface area contributed by atoms with Gasteiger partial charge in [-0.15, -0.1) is 11.3 Å². The molecule has 3 aromatic carbocycles. The fraction of sp³-hybridized carbons (Fsp3) is 0.0455. The average Bonchev–Trinajstić information content (AvgIpc) is 3.08. The molecule has 1 aromatic heterocycles. The highest BCUT2D eigenvalue weighted by Crippen LogP contribution is 2.35. The summed E-state index contributed by atoms with van der Waals surface area (Å²) in [5, 5.41) is 1.77. The highest BCUT2D eigenvalue weighted by atomic mass is 35.5. The van der Waals surface area contributed by atoms with Crippen molar-refractivity contribution in [2.24, 2.45) is 0 Å². The molecule has 0 aliphatic carbocycles. The third kappa shape index (κ3) is 3.65. The monoisotopic (exact) mass is 361 g/mol. The molecule has 0 amide bonds.